The van der Waals surface area contributed by atoms with Gasteiger partial charge in [-0.1, -0.05) is 0 Å². The molecule has 0 heterocycles. The first kappa shape index (κ1) is 13.4. The minimum atomic E-state index is -0.630. The Bertz CT molecular complexity index is 102. The lowest BCUT2D eigenvalue weighted by molar-refractivity contribution is 0.419. The van der Waals surface area contributed by atoms with Crippen LogP contribution in [0.4, 0.5) is 0 Å². The molecule has 0 saturated heterocycles. The molecule has 0 bridgehead atoms. The third-order valence-electron chi connectivity index (χ3n) is 1.87. The van der Waals surface area contributed by atoms with Crippen molar-refractivity contribution < 1.29 is 0 Å². The summed E-state index contributed by atoms with van der Waals surface area (Å²) in [5.41, 5.74) is 0. The molecule has 4 heteroatoms. The first-order valence-electron chi connectivity index (χ1n) is 4.86. The molecule has 0 aromatic heterocycles. The number of rotatable bonds is 6. The standard InChI is InChI=1S/3C3H8N.Al/c3*1-4(2)3;/h3*1H2,2-3H3;. The highest BCUT2D eigenvalue weighted by Gasteiger charge is 2.19. The van der Waals surface area contributed by atoms with E-state index in [2.05, 4.69) is 57.0 Å². The van der Waals surface area contributed by atoms with Crippen molar-refractivity contribution in [2.75, 3.05) is 58.5 Å². The van der Waals surface area contributed by atoms with Gasteiger partial charge >= 0.3 is 14.1 Å². The van der Waals surface area contributed by atoms with Crippen molar-refractivity contribution in [1.82, 2.24) is 14.7 Å². The number of hydrogen-bond donors (Lipinski definition) is 0. The highest BCUT2D eigenvalue weighted by molar-refractivity contribution is 6.59. The Labute approximate surface area is 87.7 Å². The molecule has 0 N–H and O–H groups in total. The zero-order chi connectivity index (χ0) is 10.4. The molecule has 0 atom stereocenters. The Morgan fingerprint density at radius 1 is 0.615 bits per heavy atom. The maximum Gasteiger partial charge on any atom is 0.317 e. The largest absolute Gasteiger partial charge is 0.322 e. The zero-order valence-corrected chi connectivity index (χ0v) is 11.2. The van der Waals surface area contributed by atoms with Crippen LogP contribution in [-0.4, -0.2) is 87.4 Å². The summed E-state index contributed by atoms with van der Waals surface area (Å²) in [6, 6.07) is 0. The molecule has 0 aliphatic heterocycles. The Hall–Kier alpha value is 0.412. The van der Waals surface area contributed by atoms with E-state index in [0.29, 0.717) is 0 Å². The van der Waals surface area contributed by atoms with Crippen LogP contribution in [0, 0.1) is 0 Å². The Morgan fingerprint density at radius 2 is 0.846 bits per heavy atom. The van der Waals surface area contributed by atoms with Crippen molar-refractivity contribution in [3.05, 3.63) is 0 Å². The minimum absolute atomic E-state index is 0.630. The van der Waals surface area contributed by atoms with Crippen LogP contribution >= 0.6 is 0 Å². The summed E-state index contributed by atoms with van der Waals surface area (Å²) in [6.45, 7) is 0. The van der Waals surface area contributed by atoms with E-state index in [1.165, 1.54) is 16.2 Å². The van der Waals surface area contributed by atoms with Crippen LogP contribution in [0.1, 0.15) is 0 Å². The molecular weight excluding hydrogens is 177 g/mol. The highest BCUT2D eigenvalue weighted by atomic mass is 27.2. The molecule has 0 aromatic carbocycles. The smallest absolute Gasteiger partial charge is 0.317 e. The van der Waals surface area contributed by atoms with Gasteiger partial charge in [-0.15, -0.1) is 0 Å². The molecule has 0 aliphatic rings. The van der Waals surface area contributed by atoms with Gasteiger partial charge in [0.25, 0.3) is 0 Å². The van der Waals surface area contributed by atoms with Gasteiger partial charge < -0.3 is 14.7 Å². The van der Waals surface area contributed by atoms with Crippen molar-refractivity contribution >= 4 is 14.1 Å². The van der Waals surface area contributed by atoms with Gasteiger partial charge in [-0.3, -0.25) is 0 Å². The van der Waals surface area contributed by atoms with Gasteiger partial charge in [-0.25, -0.2) is 0 Å². The first-order chi connectivity index (χ1) is 5.91. The summed E-state index contributed by atoms with van der Waals surface area (Å²) in [5, 5.41) is 3.91. The molecule has 13 heavy (non-hydrogen) atoms. The molecule has 0 unspecified atom stereocenters. The second-order valence-corrected chi connectivity index (χ2v) is 7.48. The molecule has 78 valence electrons. The zero-order valence-electron chi connectivity index (χ0n) is 10.0. The maximum absolute atomic E-state index is 2.32. The maximum atomic E-state index is 2.32. The summed E-state index contributed by atoms with van der Waals surface area (Å²) in [6.07, 6.45) is 0. The van der Waals surface area contributed by atoms with Gasteiger partial charge in [0.2, 0.25) is 0 Å². The van der Waals surface area contributed by atoms with Crippen LogP contribution in [0.5, 0.6) is 0 Å². The van der Waals surface area contributed by atoms with Crippen molar-refractivity contribution in [2.45, 2.75) is 0 Å². The first-order valence-corrected chi connectivity index (χ1v) is 7.31. The van der Waals surface area contributed by atoms with Crippen LogP contribution in [0.15, 0.2) is 0 Å². The fourth-order valence-electron chi connectivity index (χ4n) is 1.72. The van der Waals surface area contributed by atoms with E-state index in [4.69, 9.17) is 0 Å². The average molecular weight is 201 g/mol. The fourth-order valence-corrected chi connectivity index (χ4v) is 5.17. The van der Waals surface area contributed by atoms with Gasteiger partial charge in [0.05, 0.1) is 0 Å². The lowest BCUT2D eigenvalue weighted by atomic mass is 11.0. The summed E-state index contributed by atoms with van der Waals surface area (Å²) in [5.74, 6) is 0. The average Bonchev–Trinajstić information content (AvgIpc) is 1.80. The predicted molar refractivity (Wildman–Crippen MR) is 61.4 cm³/mol. The molecule has 0 radical (unpaired) electrons. The lowest BCUT2D eigenvalue weighted by Gasteiger charge is -2.22. The third-order valence-corrected chi connectivity index (χ3v) is 5.61. The van der Waals surface area contributed by atoms with E-state index in [1.54, 1.807) is 0 Å². The Kier molecular flexibility index (Phi) is 7.02. The van der Waals surface area contributed by atoms with E-state index in [-0.39, 0.29) is 0 Å². The Balaban J connectivity index is 3.87. The minimum Gasteiger partial charge on any atom is -0.322 e. The molecule has 3 nitrogen and oxygen atoms in total. The van der Waals surface area contributed by atoms with Gasteiger partial charge in [-0.05, 0) is 58.5 Å². The molecular formula is C9H24AlN3. The second kappa shape index (κ2) is 6.81. The molecule has 0 fully saturated rings. The van der Waals surface area contributed by atoms with Gasteiger partial charge in [-0.2, -0.15) is 0 Å². The van der Waals surface area contributed by atoms with Crippen LogP contribution in [0.3, 0.4) is 0 Å². The normalized spacial score (nSPS) is 11.8. The number of nitrogens with zero attached hydrogens (tertiary/aromatic N) is 3. The second-order valence-electron chi connectivity index (χ2n) is 4.65. The van der Waals surface area contributed by atoms with Crippen LogP contribution < -0.4 is 0 Å². The third kappa shape index (κ3) is 8.73. The summed E-state index contributed by atoms with van der Waals surface area (Å²) in [7, 11) is 13.0. The molecule has 0 rings (SSSR count). The van der Waals surface area contributed by atoms with Gasteiger partial charge in [0.15, 0.2) is 0 Å². The predicted octanol–water partition coefficient (Wildman–Crippen LogP) is -0.216. The highest BCUT2D eigenvalue weighted by Crippen LogP contribution is 1.91. The van der Waals surface area contributed by atoms with Crippen molar-refractivity contribution in [3.63, 3.8) is 0 Å². The lowest BCUT2D eigenvalue weighted by Crippen LogP contribution is -2.45. The van der Waals surface area contributed by atoms with Crippen LogP contribution in [-0.2, 0) is 0 Å². The molecule has 0 spiro atoms. The monoisotopic (exact) mass is 201 g/mol. The van der Waals surface area contributed by atoms with Gasteiger partial charge in [0, 0.05) is 0 Å². The molecule has 0 amide bonds. The van der Waals surface area contributed by atoms with E-state index >= 15 is 0 Å². The van der Waals surface area contributed by atoms with Crippen molar-refractivity contribution in [2.24, 2.45) is 0 Å². The SMILES string of the molecule is CN(C)[CH2][Al]([CH2]N(C)C)[CH2]N(C)C. The Morgan fingerprint density at radius 3 is 1.00 bits per heavy atom. The fraction of sp³-hybridized carbons (Fsp3) is 1.00. The van der Waals surface area contributed by atoms with Crippen molar-refractivity contribution in [3.8, 4) is 0 Å². The summed E-state index contributed by atoms with van der Waals surface area (Å²) < 4.78 is 0. The van der Waals surface area contributed by atoms with E-state index in [9.17, 15) is 0 Å². The molecule has 0 aromatic rings. The van der Waals surface area contributed by atoms with E-state index in [0.717, 1.165) is 0 Å². The summed E-state index contributed by atoms with van der Waals surface area (Å²) in [4.78, 5) is 6.97. The van der Waals surface area contributed by atoms with E-state index in [1.807, 2.05) is 0 Å². The van der Waals surface area contributed by atoms with E-state index < -0.39 is 14.1 Å². The number of hydrogen-bond acceptors (Lipinski definition) is 3. The molecule has 0 saturated carbocycles. The van der Waals surface area contributed by atoms with Crippen molar-refractivity contribution in [1.29, 1.82) is 0 Å². The summed E-state index contributed by atoms with van der Waals surface area (Å²) >= 11 is -0.630. The topological polar surface area (TPSA) is 9.72 Å². The molecule has 0 aliphatic carbocycles. The van der Waals surface area contributed by atoms with Crippen LogP contribution in [0.25, 0.3) is 0 Å². The van der Waals surface area contributed by atoms with Crippen LogP contribution in [0.2, 0.25) is 0 Å². The quantitative estimate of drug-likeness (QED) is 0.550. The van der Waals surface area contributed by atoms with Gasteiger partial charge in [0.1, 0.15) is 0 Å².